The van der Waals surface area contributed by atoms with Crippen LogP contribution in [0.5, 0.6) is 0 Å². The van der Waals surface area contributed by atoms with E-state index in [1.165, 1.54) is 6.07 Å². The predicted octanol–water partition coefficient (Wildman–Crippen LogP) is 4.78. The van der Waals surface area contributed by atoms with E-state index in [1.54, 1.807) is 24.7 Å². The summed E-state index contributed by atoms with van der Waals surface area (Å²) in [4.78, 5) is 11.1. The summed E-state index contributed by atoms with van der Waals surface area (Å²) in [5.74, 6) is 0.0584. The van der Waals surface area contributed by atoms with Gasteiger partial charge in [-0.15, -0.1) is 0 Å². The van der Waals surface area contributed by atoms with Crippen molar-refractivity contribution in [3.8, 4) is 0 Å². The number of fused-ring (bicyclic) bond motifs is 3. The number of nitrogens with one attached hydrogen (secondary N) is 2. The van der Waals surface area contributed by atoms with E-state index >= 15 is 0 Å². The molecule has 2 aromatic heterocycles. The van der Waals surface area contributed by atoms with Gasteiger partial charge in [0.05, 0.1) is 34.3 Å². The molecule has 2 heterocycles. The Bertz CT molecular complexity index is 1140. The second-order valence-corrected chi connectivity index (χ2v) is 7.53. The van der Waals surface area contributed by atoms with Gasteiger partial charge in [-0.25, -0.2) is 14.4 Å². The van der Waals surface area contributed by atoms with Crippen molar-refractivity contribution < 1.29 is 4.39 Å². The van der Waals surface area contributed by atoms with Crippen LogP contribution < -0.4 is 10.6 Å². The molecule has 0 radical (unpaired) electrons. The number of hydrogen-bond donors (Lipinski definition) is 2. The fourth-order valence-corrected chi connectivity index (χ4v) is 3.43. The SMILES string of the molecule is CN(C)CCCNc1ccc2nc(Nc3c(F)cccc3Cl)c3cncn3c2c1. The van der Waals surface area contributed by atoms with Crippen LogP contribution in [0.25, 0.3) is 16.6 Å². The second-order valence-electron chi connectivity index (χ2n) is 7.12. The molecular weight excluding hydrogens is 391 g/mol. The van der Waals surface area contributed by atoms with Gasteiger partial charge in [0.2, 0.25) is 0 Å². The zero-order valence-corrected chi connectivity index (χ0v) is 17.0. The molecule has 0 aliphatic rings. The van der Waals surface area contributed by atoms with Gasteiger partial charge in [0.15, 0.2) is 5.82 Å². The molecule has 0 bridgehead atoms. The molecular formula is C21H22ClFN6. The van der Waals surface area contributed by atoms with Gasteiger partial charge in [0, 0.05) is 12.2 Å². The molecule has 150 valence electrons. The first-order valence-corrected chi connectivity index (χ1v) is 9.76. The standard InChI is InChI=1S/C21H22ClFN6/c1-28(2)10-4-9-25-14-7-8-17-18(11-14)29-13-24-12-19(29)21(26-17)27-20-15(22)5-3-6-16(20)23/h3,5-8,11-13,25H,4,9-10H2,1-2H3,(H,26,27). The molecule has 4 rings (SSSR count). The number of rotatable bonds is 7. The summed E-state index contributed by atoms with van der Waals surface area (Å²) in [6.07, 6.45) is 4.47. The third kappa shape index (κ3) is 4.11. The number of nitrogens with zero attached hydrogens (tertiary/aromatic N) is 4. The highest BCUT2D eigenvalue weighted by molar-refractivity contribution is 6.33. The van der Waals surface area contributed by atoms with Gasteiger partial charge in [-0.1, -0.05) is 17.7 Å². The van der Waals surface area contributed by atoms with Crippen LogP contribution in [0.3, 0.4) is 0 Å². The molecule has 8 heteroatoms. The highest BCUT2D eigenvalue weighted by atomic mass is 35.5. The van der Waals surface area contributed by atoms with Crippen LogP contribution in [0.1, 0.15) is 6.42 Å². The largest absolute Gasteiger partial charge is 0.385 e. The third-order valence-corrected chi connectivity index (χ3v) is 4.98. The molecule has 0 saturated heterocycles. The van der Waals surface area contributed by atoms with Crippen LogP contribution in [0, 0.1) is 5.82 Å². The zero-order valence-electron chi connectivity index (χ0n) is 16.3. The zero-order chi connectivity index (χ0) is 20.4. The number of halogens is 2. The van der Waals surface area contributed by atoms with Crippen LogP contribution in [-0.4, -0.2) is 46.5 Å². The fourth-order valence-electron chi connectivity index (χ4n) is 3.22. The van der Waals surface area contributed by atoms with E-state index < -0.39 is 5.82 Å². The summed E-state index contributed by atoms with van der Waals surface area (Å²) in [6.45, 7) is 1.91. The molecule has 2 aromatic carbocycles. The average molecular weight is 413 g/mol. The minimum absolute atomic E-state index is 0.197. The number of imidazole rings is 1. The Morgan fingerprint density at radius 3 is 2.83 bits per heavy atom. The second kappa shape index (κ2) is 8.23. The Labute approximate surface area is 173 Å². The molecule has 0 aliphatic heterocycles. The van der Waals surface area contributed by atoms with Gasteiger partial charge in [-0.3, -0.25) is 4.40 Å². The van der Waals surface area contributed by atoms with E-state index in [2.05, 4.69) is 39.6 Å². The Morgan fingerprint density at radius 1 is 1.17 bits per heavy atom. The Kier molecular flexibility index (Phi) is 5.51. The number of aromatic nitrogens is 3. The first-order chi connectivity index (χ1) is 14.0. The maximum absolute atomic E-state index is 14.2. The monoisotopic (exact) mass is 412 g/mol. The van der Waals surface area contributed by atoms with Crippen molar-refractivity contribution in [3.63, 3.8) is 0 Å². The minimum atomic E-state index is -0.436. The first kappa shape index (κ1) is 19.4. The van der Waals surface area contributed by atoms with Gasteiger partial charge in [-0.2, -0.15) is 0 Å². The van der Waals surface area contributed by atoms with Gasteiger partial charge >= 0.3 is 0 Å². The van der Waals surface area contributed by atoms with Crippen molar-refractivity contribution in [1.29, 1.82) is 0 Å². The molecule has 0 unspecified atom stereocenters. The van der Waals surface area contributed by atoms with Crippen LogP contribution in [0.2, 0.25) is 5.02 Å². The lowest BCUT2D eigenvalue weighted by Gasteiger charge is -2.14. The van der Waals surface area contributed by atoms with Gasteiger partial charge in [-0.05, 0) is 57.4 Å². The molecule has 0 aliphatic carbocycles. The minimum Gasteiger partial charge on any atom is -0.385 e. The molecule has 0 amide bonds. The van der Waals surface area contributed by atoms with Gasteiger partial charge in [0.25, 0.3) is 0 Å². The Balaban J connectivity index is 1.67. The predicted molar refractivity (Wildman–Crippen MR) is 117 cm³/mol. The topological polar surface area (TPSA) is 57.5 Å². The van der Waals surface area contributed by atoms with Crippen molar-refractivity contribution in [1.82, 2.24) is 19.3 Å². The lowest BCUT2D eigenvalue weighted by Crippen LogP contribution is -2.16. The number of hydrogen-bond acceptors (Lipinski definition) is 5. The fraction of sp³-hybridized carbons (Fsp3) is 0.238. The number of benzene rings is 2. The highest BCUT2D eigenvalue weighted by Gasteiger charge is 2.13. The van der Waals surface area contributed by atoms with E-state index in [0.29, 0.717) is 10.8 Å². The summed E-state index contributed by atoms with van der Waals surface area (Å²) in [7, 11) is 4.13. The van der Waals surface area contributed by atoms with Crippen LogP contribution >= 0.6 is 11.6 Å². The molecule has 0 saturated carbocycles. The lowest BCUT2D eigenvalue weighted by atomic mass is 10.2. The average Bonchev–Trinajstić information content (AvgIpc) is 3.18. The summed E-state index contributed by atoms with van der Waals surface area (Å²) >= 11 is 6.16. The summed E-state index contributed by atoms with van der Waals surface area (Å²) in [5, 5.41) is 6.77. The summed E-state index contributed by atoms with van der Waals surface area (Å²) in [6, 6.07) is 10.5. The molecule has 2 N–H and O–H groups in total. The molecule has 0 atom stereocenters. The van der Waals surface area contributed by atoms with Crippen LogP contribution in [0.15, 0.2) is 48.9 Å². The maximum atomic E-state index is 14.2. The molecule has 0 spiro atoms. The summed E-state index contributed by atoms with van der Waals surface area (Å²) < 4.78 is 16.2. The van der Waals surface area contributed by atoms with E-state index in [4.69, 9.17) is 11.6 Å². The number of para-hydroxylation sites is 1. The number of anilines is 3. The lowest BCUT2D eigenvalue weighted by molar-refractivity contribution is 0.405. The van der Waals surface area contributed by atoms with Crippen molar-refractivity contribution in [2.75, 3.05) is 37.8 Å². The van der Waals surface area contributed by atoms with Gasteiger partial charge in [0.1, 0.15) is 11.3 Å². The third-order valence-electron chi connectivity index (χ3n) is 4.67. The molecule has 0 fully saturated rings. The van der Waals surface area contributed by atoms with E-state index in [1.807, 2.05) is 22.6 Å². The van der Waals surface area contributed by atoms with Crippen LogP contribution in [-0.2, 0) is 0 Å². The van der Waals surface area contributed by atoms with E-state index in [-0.39, 0.29) is 5.69 Å². The van der Waals surface area contributed by atoms with Gasteiger partial charge < -0.3 is 15.5 Å². The van der Waals surface area contributed by atoms with Crippen LogP contribution in [0.4, 0.5) is 21.6 Å². The van der Waals surface area contributed by atoms with Crippen molar-refractivity contribution in [2.24, 2.45) is 0 Å². The van der Waals surface area contributed by atoms with E-state index in [9.17, 15) is 4.39 Å². The molecule has 4 aromatic rings. The van der Waals surface area contributed by atoms with Crippen molar-refractivity contribution in [2.45, 2.75) is 6.42 Å². The summed E-state index contributed by atoms with van der Waals surface area (Å²) in [5.41, 5.74) is 3.64. The highest BCUT2D eigenvalue weighted by Crippen LogP contribution is 2.31. The first-order valence-electron chi connectivity index (χ1n) is 9.38. The molecule has 29 heavy (non-hydrogen) atoms. The van der Waals surface area contributed by atoms with Crippen molar-refractivity contribution >= 4 is 45.3 Å². The Hall–Kier alpha value is -2.90. The van der Waals surface area contributed by atoms with Crippen molar-refractivity contribution in [3.05, 3.63) is 59.8 Å². The van der Waals surface area contributed by atoms with E-state index in [0.717, 1.165) is 41.7 Å². The maximum Gasteiger partial charge on any atom is 0.157 e. The normalized spacial score (nSPS) is 11.5. The Morgan fingerprint density at radius 2 is 2.03 bits per heavy atom. The quantitative estimate of drug-likeness (QED) is 0.428. The molecule has 6 nitrogen and oxygen atoms in total. The smallest absolute Gasteiger partial charge is 0.157 e.